The molecule has 0 N–H and O–H groups in total. The number of methoxy groups -OCH3 is 1. The molecule has 1 aromatic rings. The molecule has 2 nitrogen and oxygen atoms in total. The van der Waals surface area contributed by atoms with Gasteiger partial charge >= 0.3 is 5.97 Å². The topological polar surface area (TPSA) is 26.3 Å². The van der Waals surface area contributed by atoms with Crippen LogP contribution in [0.5, 0.6) is 0 Å². The molecular formula is C21H26O2. The fourth-order valence-electron chi connectivity index (χ4n) is 5.99. The summed E-state index contributed by atoms with van der Waals surface area (Å²) in [6.45, 7) is 0. The summed E-state index contributed by atoms with van der Waals surface area (Å²) in [5.41, 5.74) is 1.32. The van der Waals surface area contributed by atoms with Gasteiger partial charge in [0.25, 0.3) is 0 Å². The van der Waals surface area contributed by atoms with Crippen LogP contribution in [0.3, 0.4) is 0 Å². The average molecular weight is 310 g/mol. The Bertz CT molecular complexity index is 566. The molecule has 4 aliphatic rings. The van der Waals surface area contributed by atoms with Gasteiger partial charge in [0.2, 0.25) is 0 Å². The molecular weight excluding hydrogens is 284 g/mol. The van der Waals surface area contributed by atoms with Gasteiger partial charge in [0.15, 0.2) is 0 Å². The molecule has 1 atom stereocenters. The Balaban J connectivity index is 1.63. The fourth-order valence-corrected chi connectivity index (χ4v) is 5.99. The van der Waals surface area contributed by atoms with Crippen molar-refractivity contribution in [2.75, 3.05) is 7.11 Å². The lowest BCUT2D eigenvalue weighted by Crippen LogP contribution is -2.51. The van der Waals surface area contributed by atoms with Gasteiger partial charge in [-0.05, 0) is 67.3 Å². The first-order valence-corrected chi connectivity index (χ1v) is 8.99. The van der Waals surface area contributed by atoms with Gasteiger partial charge in [-0.15, -0.1) is 0 Å². The van der Waals surface area contributed by atoms with Crippen LogP contribution in [-0.2, 0) is 9.53 Å². The van der Waals surface area contributed by atoms with E-state index in [1.54, 1.807) is 0 Å². The first kappa shape index (κ1) is 15.0. The van der Waals surface area contributed by atoms with Gasteiger partial charge in [-0.25, -0.2) is 0 Å². The summed E-state index contributed by atoms with van der Waals surface area (Å²) in [6, 6.07) is 10.3. The van der Waals surface area contributed by atoms with Crippen LogP contribution in [0.2, 0.25) is 0 Å². The van der Waals surface area contributed by atoms with Gasteiger partial charge in [-0.2, -0.15) is 0 Å². The van der Waals surface area contributed by atoms with Crippen LogP contribution >= 0.6 is 0 Å². The third-order valence-electron chi connectivity index (χ3n) is 6.48. The van der Waals surface area contributed by atoms with E-state index in [4.69, 9.17) is 4.74 Å². The summed E-state index contributed by atoms with van der Waals surface area (Å²) < 4.78 is 5.20. The second kappa shape index (κ2) is 5.81. The van der Waals surface area contributed by atoms with Crippen LogP contribution in [0.15, 0.2) is 36.4 Å². The SMILES string of the molecule is COC(=O)[C@@H](/C=C/c1ccccc1)C12CC3CC(CC(C3)C1)C2. The van der Waals surface area contributed by atoms with Crippen molar-refractivity contribution in [1.29, 1.82) is 0 Å². The van der Waals surface area contributed by atoms with Crippen molar-refractivity contribution in [1.82, 2.24) is 0 Å². The number of hydrogen-bond acceptors (Lipinski definition) is 2. The van der Waals surface area contributed by atoms with Crippen molar-refractivity contribution in [3.05, 3.63) is 42.0 Å². The first-order chi connectivity index (χ1) is 11.2. The molecule has 0 radical (unpaired) electrons. The monoisotopic (exact) mass is 310 g/mol. The van der Waals surface area contributed by atoms with E-state index in [9.17, 15) is 4.79 Å². The lowest BCUT2D eigenvalue weighted by atomic mass is 9.46. The zero-order chi connectivity index (χ0) is 15.9. The summed E-state index contributed by atoms with van der Waals surface area (Å²) in [5, 5.41) is 0. The van der Waals surface area contributed by atoms with Gasteiger partial charge in [0, 0.05) is 0 Å². The minimum Gasteiger partial charge on any atom is -0.469 e. The summed E-state index contributed by atoms with van der Waals surface area (Å²) in [6.07, 6.45) is 12.1. The molecule has 0 saturated heterocycles. The standard InChI is InChI=1S/C21H26O2/c1-23-20(22)19(8-7-15-5-3-2-4-6-15)21-12-16-9-17(13-21)11-18(10-16)14-21/h2-8,16-19H,9-14H2,1H3/b8-7+/t16?,17?,18?,19-,21?/m1/s1. The molecule has 122 valence electrons. The number of carbonyl (C=O) groups excluding carboxylic acids is 1. The van der Waals surface area contributed by atoms with Crippen LogP contribution in [0, 0.1) is 29.1 Å². The van der Waals surface area contributed by atoms with Gasteiger partial charge < -0.3 is 4.74 Å². The van der Waals surface area contributed by atoms with E-state index < -0.39 is 0 Å². The highest BCUT2D eigenvalue weighted by Crippen LogP contribution is 2.63. The molecule has 2 heteroatoms. The Kier molecular flexibility index (Phi) is 3.79. The highest BCUT2D eigenvalue weighted by atomic mass is 16.5. The molecule has 23 heavy (non-hydrogen) atoms. The van der Waals surface area contributed by atoms with Crippen LogP contribution in [-0.4, -0.2) is 13.1 Å². The third-order valence-corrected chi connectivity index (χ3v) is 6.48. The molecule has 0 unspecified atom stereocenters. The van der Waals surface area contributed by atoms with E-state index in [0.717, 1.165) is 23.3 Å². The Labute approximate surface area is 138 Å². The maximum Gasteiger partial charge on any atom is 0.313 e. The normalized spacial score (nSPS) is 36.3. The zero-order valence-electron chi connectivity index (χ0n) is 13.9. The van der Waals surface area contributed by atoms with E-state index in [2.05, 4.69) is 24.3 Å². The van der Waals surface area contributed by atoms with Gasteiger partial charge in [0.1, 0.15) is 0 Å². The quantitative estimate of drug-likeness (QED) is 0.753. The third kappa shape index (κ3) is 2.73. The maximum atomic E-state index is 12.6. The van der Waals surface area contributed by atoms with Crippen LogP contribution in [0.25, 0.3) is 6.08 Å². The van der Waals surface area contributed by atoms with Crippen molar-refractivity contribution in [2.24, 2.45) is 29.1 Å². The number of ether oxygens (including phenoxy) is 1. The van der Waals surface area contributed by atoms with E-state index in [1.807, 2.05) is 18.2 Å². The summed E-state index contributed by atoms with van der Waals surface area (Å²) in [5.74, 6) is 2.41. The number of hydrogen-bond donors (Lipinski definition) is 0. The molecule has 0 spiro atoms. The van der Waals surface area contributed by atoms with Crippen molar-refractivity contribution >= 4 is 12.0 Å². The predicted octanol–water partition coefficient (Wildman–Crippen LogP) is 4.71. The van der Waals surface area contributed by atoms with E-state index in [0.29, 0.717) is 0 Å². The molecule has 0 amide bonds. The molecule has 1 aromatic carbocycles. The predicted molar refractivity (Wildman–Crippen MR) is 91.6 cm³/mol. The average Bonchev–Trinajstić information content (AvgIpc) is 2.54. The molecule has 4 bridgehead atoms. The summed E-state index contributed by atoms with van der Waals surface area (Å²) >= 11 is 0. The molecule has 4 saturated carbocycles. The number of esters is 1. The number of carbonyl (C=O) groups is 1. The maximum absolute atomic E-state index is 12.6. The fraction of sp³-hybridized carbons (Fsp3) is 0.571. The lowest BCUT2D eigenvalue weighted by molar-refractivity contribution is -0.156. The lowest BCUT2D eigenvalue weighted by Gasteiger charge is -2.58. The zero-order valence-corrected chi connectivity index (χ0v) is 13.9. The second-order valence-corrected chi connectivity index (χ2v) is 8.05. The highest BCUT2D eigenvalue weighted by molar-refractivity contribution is 5.77. The van der Waals surface area contributed by atoms with E-state index in [1.165, 1.54) is 45.6 Å². The first-order valence-electron chi connectivity index (χ1n) is 8.99. The Morgan fingerprint density at radius 1 is 1.09 bits per heavy atom. The summed E-state index contributed by atoms with van der Waals surface area (Å²) in [4.78, 5) is 12.6. The molecule has 4 aliphatic carbocycles. The van der Waals surface area contributed by atoms with Crippen LogP contribution < -0.4 is 0 Å². The Hall–Kier alpha value is -1.57. The number of rotatable bonds is 4. The smallest absolute Gasteiger partial charge is 0.313 e. The summed E-state index contributed by atoms with van der Waals surface area (Å²) in [7, 11) is 1.53. The van der Waals surface area contributed by atoms with Crippen LogP contribution in [0.1, 0.15) is 44.1 Å². The minimum absolute atomic E-state index is 0.0425. The van der Waals surface area contributed by atoms with Gasteiger partial charge in [0.05, 0.1) is 13.0 Å². The molecule has 0 aromatic heterocycles. The Morgan fingerprint density at radius 3 is 2.17 bits per heavy atom. The van der Waals surface area contributed by atoms with Crippen molar-refractivity contribution in [2.45, 2.75) is 38.5 Å². The van der Waals surface area contributed by atoms with Crippen molar-refractivity contribution in [3.8, 4) is 0 Å². The van der Waals surface area contributed by atoms with Crippen molar-refractivity contribution < 1.29 is 9.53 Å². The second-order valence-electron chi connectivity index (χ2n) is 8.05. The Morgan fingerprint density at radius 2 is 1.65 bits per heavy atom. The van der Waals surface area contributed by atoms with E-state index >= 15 is 0 Å². The largest absolute Gasteiger partial charge is 0.469 e. The molecule has 5 rings (SSSR count). The molecule has 4 fully saturated rings. The minimum atomic E-state index is -0.0823. The number of benzene rings is 1. The highest BCUT2D eigenvalue weighted by Gasteiger charge is 2.55. The van der Waals surface area contributed by atoms with Gasteiger partial charge in [-0.1, -0.05) is 42.5 Å². The van der Waals surface area contributed by atoms with Gasteiger partial charge in [-0.3, -0.25) is 4.79 Å². The van der Waals surface area contributed by atoms with Crippen LogP contribution in [0.4, 0.5) is 0 Å². The van der Waals surface area contributed by atoms with Crippen molar-refractivity contribution in [3.63, 3.8) is 0 Å². The van der Waals surface area contributed by atoms with E-state index in [-0.39, 0.29) is 17.3 Å². The molecule has 0 heterocycles. The molecule has 0 aliphatic heterocycles.